The first-order valence-corrected chi connectivity index (χ1v) is 9.78. The number of ether oxygens (including phenoxy) is 1. The summed E-state index contributed by atoms with van der Waals surface area (Å²) in [7, 11) is 0. The lowest BCUT2D eigenvalue weighted by atomic mass is 9.55. The Balaban J connectivity index is 1.50. The smallest absolute Gasteiger partial charge is 0.315 e. The highest BCUT2D eigenvalue weighted by Gasteiger charge is 2.55. The summed E-state index contributed by atoms with van der Waals surface area (Å²) < 4.78 is 5.89. The van der Waals surface area contributed by atoms with Crippen LogP contribution in [0.25, 0.3) is 0 Å². The Hall–Kier alpha value is -0.830. The zero-order chi connectivity index (χ0) is 16.0. The van der Waals surface area contributed by atoms with E-state index >= 15 is 0 Å². The van der Waals surface area contributed by atoms with Gasteiger partial charge in [0.15, 0.2) is 0 Å². The minimum atomic E-state index is 0.103. The highest BCUT2D eigenvalue weighted by Crippen LogP contribution is 2.56. The van der Waals surface area contributed by atoms with Gasteiger partial charge in [0.25, 0.3) is 0 Å². The molecule has 2 aliphatic heterocycles. The fourth-order valence-electron chi connectivity index (χ4n) is 6.06. The minimum Gasteiger partial charge on any atom is -0.462 e. The number of hydrogen-bond donors (Lipinski definition) is 1. The number of allylic oxidation sites excluding steroid dienone is 1. The molecule has 4 aliphatic rings. The van der Waals surface area contributed by atoms with Gasteiger partial charge in [0.2, 0.25) is 0 Å². The summed E-state index contributed by atoms with van der Waals surface area (Å²) in [5, 5.41) is 0. The molecule has 0 unspecified atom stereocenters. The topological polar surface area (TPSA) is 30.7 Å². The quantitative estimate of drug-likeness (QED) is 0.626. The summed E-state index contributed by atoms with van der Waals surface area (Å²) in [5.41, 5.74) is 1.77. The van der Waals surface area contributed by atoms with Gasteiger partial charge in [0.1, 0.15) is 12.0 Å². The van der Waals surface area contributed by atoms with Crippen LogP contribution < -0.4 is 4.90 Å². The Morgan fingerprint density at radius 1 is 1.26 bits per heavy atom. The molecule has 2 saturated heterocycles. The van der Waals surface area contributed by atoms with Crippen LogP contribution in [0.4, 0.5) is 0 Å². The van der Waals surface area contributed by atoms with Gasteiger partial charge in [-0.05, 0) is 62.7 Å². The minimum absolute atomic E-state index is 0.103. The number of nitrogens with one attached hydrogen (secondary N) is 1. The number of rotatable bonds is 2. The van der Waals surface area contributed by atoms with Crippen molar-refractivity contribution >= 4 is 5.97 Å². The van der Waals surface area contributed by atoms with Crippen LogP contribution in [0.5, 0.6) is 0 Å². The standard InChI is InChI=1S/C20H31NO2/c1-14-7-6-8-20(2)12-18-15(11-17(14)20)16(19(22)23-18)13-21-9-4-3-5-10-21/h15-18H,1,3-13H2,2H3/p+1/t15-,16+,17-,18+,20-/m0/s1. The van der Waals surface area contributed by atoms with Crippen molar-refractivity contribution in [2.24, 2.45) is 23.2 Å². The second-order valence-corrected chi connectivity index (χ2v) is 8.92. The van der Waals surface area contributed by atoms with Gasteiger partial charge in [-0.1, -0.05) is 19.1 Å². The number of fused-ring (bicyclic) bond motifs is 2. The van der Waals surface area contributed by atoms with Crippen molar-refractivity contribution in [3.63, 3.8) is 0 Å². The molecule has 0 bridgehead atoms. The van der Waals surface area contributed by atoms with Crippen LogP contribution in [0.1, 0.15) is 58.3 Å². The second kappa shape index (κ2) is 5.91. The van der Waals surface area contributed by atoms with Crippen molar-refractivity contribution in [2.45, 2.75) is 64.4 Å². The molecule has 0 aromatic heterocycles. The molecule has 5 atom stereocenters. The van der Waals surface area contributed by atoms with Crippen LogP contribution in [-0.2, 0) is 9.53 Å². The Morgan fingerprint density at radius 3 is 2.83 bits per heavy atom. The molecule has 0 aromatic carbocycles. The monoisotopic (exact) mass is 318 g/mol. The van der Waals surface area contributed by atoms with Crippen molar-refractivity contribution < 1.29 is 14.4 Å². The van der Waals surface area contributed by atoms with E-state index < -0.39 is 0 Å². The average molecular weight is 318 g/mol. The van der Waals surface area contributed by atoms with Crippen molar-refractivity contribution in [3.05, 3.63) is 12.2 Å². The number of likely N-dealkylation sites (tertiary alicyclic amines) is 1. The van der Waals surface area contributed by atoms with Crippen molar-refractivity contribution in [2.75, 3.05) is 19.6 Å². The fraction of sp³-hybridized carbons (Fsp3) is 0.850. The molecule has 2 aliphatic carbocycles. The summed E-state index contributed by atoms with van der Waals surface area (Å²) in [6, 6.07) is 0. The molecule has 2 heterocycles. The zero-order valence-corrected chi connectivity index (χ0v) is 14.6. The van der Waals surface area contributed by atoms with E-state index in [0.717, 1.165) is 19.4 Å². The van der Waals surface area contributed by atoms with Crippen molar-refractivity contribution in [3.8, 4) is 0 Å². The lowest BCUT2D eigenvalue weighted by molar-refractivity contribution is -0.907. The van der Waals surface area contributed by atoms with E-state index in [2.05, 4.69) is 13.5 Å². The Kier molecular flexibility index (Phi) is 4.03. The molecule has 0 spiro atoms. The van der Waals surface area contributed by atoms with Crippen molar-refractivity contribution in [1.29, 1.82) is 0 Å². The molecule has 4 rings (SSSR count). The van der Waals surface area contributed by atoms with E-state index in [1.54, 1.807) is 4.90 Å². The third kappa shape index (κ3) is 2.75. The molecular weight excluding hydrogens is 286 g/mol. The van der Waals surface area contributed by atoms with Gasteiger partial charge in [-0.25, -0.2) is 0 Å². The lowest BCUT2D eigenvalue weighted by Gasteiger charge is -2.50. The summed E-state index contributed by atoms with van der Waals surface area (Å²) in [4.78, 5) is 14.2. The molecule has 2 saturated carbocycles. The molecule has 128 valence electrons. The molecule has 1 N–H and O–H groups in total. The van der Waals surface area contributed by atoms with E-state index in [0.29, 0.717) is 17.3 Å². The SMILES string of the molecule is C=C1CCC[C@@]2(C)C[C@H]3OC(=O)[C@H](C[NH+]4CCCCC4)[C@@H]3C[C@@H]12. The van der Waals surface area contributed by atoms with Crippen LogP contribution in [0.2, 0.25) is 0 Å². The summed E-state index contributed by atoms with van der Waals surface area (Å²) >= 11 is 0. The summed E-state index contributed by atoms with van der Waals surface area (Å²) in [6.07, 6.45) is 10.1. The first kappa shape index (κ1) is 15.7. The van der Waals surface area contributed by atoms with Gasteiger partial charge >= 0.3 is 5.97 Å². The molecule has 3 nitrogen and oxygen atoms in total. The fourth-order valence-corrected chi connectivity index (χ4v) is 6.06. The van der Waals surface area contributed by atoms with Gasteiger partial charge in [0, 0.05) is 5.92 Å². The average Bonchev–Trinajstić information content (AvgIpc) is 2.81. The number of carbonyl (C=O) groups excluding carboxylic acids is 1. The lowest BCUT2D eigenvalue weighted by Crippen LogP contribution is -3.13. The third-order valence-electron chi connectivity index (χ3n) is 7.39. The first-order chi connectivity index (χ1) is 11.1. The van der Waals surface area contributed by atoms with E-state index in [9.17, 15) is 4.79 Å². The highest BCUT2D eigenvalue weighted by molar-refractivity contribution is 5.75. The van der Waals surface area contributed by atoms with Gasteiger partial charge in [-0.3, -0.25) is 4.79 Å². The number of esters is 1. The Morgan fingerprint density at radius 2 is 2.04 bits per heavy atom. The maximum Gasteiger partial charge on any atom is 0.315 e. The largest absolute Gasteiger partial charge is 0.462 e. The molecule has 0 amide bonds. The maximum absolute atomic E-state index is 12.5. The Labute approximate surface area is 140 Å². The van der Waals surface area contributed by atoms with Crippen LogP contribution in [-0.4, -0.2) is 31.7 Å². The van der Waals surface area contributed by atoms with E-state index in [1.165, 1.54) is 57.2 Å². The summed E-state index contributed by atoms with van der Waals surface area (Å²) in [5.74, 6) is 1.31. The maximum atomic E-state index is 12.5. The normalized spacial score (nSPS) is 44.6. The number of carbonyl (C=O) groups is 1. The number of quaternary nitrogens is 1. The molecule has 0 radical (unpaired) electrons. The zero-order valence-electron chi connectivity index (χ0n) is 14.6. The van der Waals surface area contributed by atoms with Crippen LogP contribution in [0, 0.1) is 23.2 Å². The van der Waals surface area contributed by atoms with Crippen LogP contribution in [0.15, 0.2) is 12.2 Å². The van der Waals surface area contributed by atoms with Gasteiger partial charge in [-0.15, -0.1) is 0 Å². The van der Waals surface area contributed by atoms with Crippen LogP contribution in [0.3, 0.4) is 0 Å². The molecule has 23 heavy (non-hydrogen) atoms. The van der Waals surface area contributed by atoms with Gasteiger partial charge in [-0.2, -0.15) is 0 Å². The second-order valence-electron chi connectivity index (χ2n) is 8.92. The van der Waals surface area contributed by atoms with E-state index in [4.69, 9.17) is 4.74 Å². The highest BCUT2D eigenvalue weighted by atomic mass is 16.6. The molecule has 3 heteroatoms. The predicted molar refractivity (Wildman–Crippen MR) is 90.1 cm³/mol. The van der Waals surface area contributed by atoms with E-state index in [1.807, 2.05) is 0 Å². The molecule has 4 fully saturated rings. The number of piperidine rings is 1. The van der Waals surface area contributed by atoms with Crippen molar-refractivity contribution in [1.82, 2.24) is 0 Å². The third-order valence-corrected chi connectivity index (χ3v) is 7.39. The first-order valence-electron chi connectivity index (χ1n) is 9.78. The predicted octanol–water partition coefficient (Wildman–Crippen LogP) is 2.37. The van der Waals surface area contributed by atoms with Crippen LogP contribution >= 0.6 is 0 Å². The molecule has 0 aromatic rings. The summed E-state index contributed by atoms with van der Waals surface area (Å²) in [6.45, 7) is 10.3. The Bertz CT molecular complexity index is 496. The van der Waals surface area contributed by atoms with Gasteiger partial charge in [0.05, 0.1) is 19.6 Å². The number of hydrogen-bond acceptors (Lipinski definition) is 2. The van der Waals surface area contributed by atoms with E-state index in [-0.39, 0.29) is 18.0 Å². The van der Waals surface area contributed by atoms with Gasteiger partial charge < -0.3 is 9.64 Å². The molecular formula is C20H32NO2+.